The Bertz CT molecular complexity index is 304. The predicted octanol–water partition coefficient (Wildman–Crippen LogP) is 0.733. The Balaban J connectivity index is 1.99. The molecule has 17 heavy (non-hydrogen) atoms. The van der Waals surface area contributed by atoms with Gasteiger partial charge in [-0.2, -0.15) is 0 Å². The van der Waals surface area contributed by atoms with Gasteiger partial charge in [-0.05, 0) is 38.5 Å². The monoisotopic (exact) mass is 240 g/mol. The van der Waals surface area contributed by atoms with Crippen molar-refractivity contribution in [3.05, 3.63) is 0 Å². The first-order valence-electron chi connectivity index (χ1n) is 6.66. The molecule has 1 aliphatic carbocycles. The molecule has 0 aromatic carbocycles. The van der Waals surface area contributed by atoms with Crippen LogP contribution in [0.4, 0.5) is 0 Å². The number of β-amino-alcohol motifs (C(OH)–C–C–N with tert-alkyl or cyclic N) is 1. The maximum Gasteiger partial charge on any atom is 0.227 e. The summed E-state index contributed by atoms with van der Waals surface area (Å²) in [7, 11) is 0. The third kappa shape index (κ3) is 2.80. The van der Waals surface area contributed by atoms with Gasteiger partial charge in [-0.1, -0.05) is 6.92 Å². The molecule has 0 bridgehead atoms. The highest BCUT2D eigenvalue weighted by molar-refractivity contribution is 5.80. The topological polar surface area (TPSA) is 66.6 Å². The molecule has 0 spiro atoms. The van der Waals surface area contributed by atoms with Gasteiger partial charge in [0.25, 0.3) is 0 Å². The van der Waals surface area contributed by atoms with Gasteiger partial charge >= 0.3 is 0 Å². The minimum Gasteiger partial charge on any atom is -0.388 e. The number of nitrogens with two attached hydrogens (primary N) is 1. The fraction of sp³-hybridized carbons (Fsp3) is 0.923. The Morgan fingerprint density at radius 3 is 2.76 bits per heavy atom. The van der Waals surface area contributed by atoms with Crippen molar-refractivity contribution in [2.24, 2.45) is 17.6 Å². The van der Waals surface area contributed by atoms with Gasteiger partial charge in [-0.15, -0.1) is 0 Å². The van der Waals surface area contributed by atoms with Crippen molar-refractivity contribution in [3.8, 4) is 0 Å². The lowest BCUT2D eigenvalue weighted by atomic mass is 9.78. The second-order valence-electron chi connectivity index (χ2n) is 6.20. The van der Waals surface area contributed by atoms with Gasteiger partial charge in [0, 0.05) is 19.1 Å². The Labute approximate surface area is 103 Å². The SMILES string of the molecule is CC1CCC(N)C(C(=O)N2CCC(C)(O)C2)C1. The van der Waals surface area contributed by atoms with E-state index in [9.17, 15) is 9.90 Å². The summed E-state index contributed by atoms with van der Waals surface area (Å²) in [4.78, 5) is 14.2. The number of carbonyl (C=O) groups excluding carboxylic acids is 1. The first-order valence-corrected chi connectivity index (χ1v) is 6.66. The fourth-order valence-corrected chi connectivity index (χ4v) is 3.06. The molecule has 98 valence electrons. The second-order valence-corrected chi connectivity index (χ2v) is 6.20. The van der Waals surface area contributed by atoms with Gasteiger partial charge in [0.15, 0.2) is 0 Å². The van der Waals surface area contributed by atoms with E-state index in [1.54, 1.807) is 11.8 Å². The summed E-state index contributed by atoms with van der Waals surface area (Å²) in [5, 5.41) is 9.90. The smallest absolute Gasteiger partial charge is 0.227 e. The Kier molecular flexibility index (Phi) is 3.46. The molecule has 0 radical (unpaired) electrons. The summed E-state index contributed by atoms with van der Waals surface area (Å²) in [6, 6.07) is 0.00393. The van der Waals surface area contributed by atoms with E-state index in [4.69, 9.17) is 5.73 Å². The van der Waals surface area contributed by atoms with Crippen LogP contribution in [-0.2, 0) is 4.79 Å². The quantitative estimate of drug-likeness (QED) is 0.710. The Hall–Kier alpha value is -0.610. The summed E-state index contributed by atoms with van der Waals surface area (Å²) in [5.74, 6) is 0.710. The molecule has 4 unspecified atom stereocenters. The van der Waals surface area contributed by atoms with Crippen LogP contribution < -0.4 is 5.73 Å². The van der Waals surface area contributed by atoms with Crippen molar-refractivity contribution in [1.29, 1.82) is 0 Å². The van der Waals surface area contributed by atoms with Crippen LogP contribution in [0.25, 0.3) is 0 Å². The molecule has 0 aromatic heterocycles. The van der Waals surface area contributed by atoms with Crippen LogP contribution in [0.2, 0.25) is 0 Å². The van der Waals surface area contributed by atoms with Crippen molar-refractivity contribution >= 4 is 5.91 Å². The van der Waals surface area contributed by atoms with Crippen molar-refractivity contribution in [3.63, 3.8) is 0 Å². The van der Waals surface area contributed by atoms with E-state index < -0.39 is 5.60 Å². The third-order valence-electron chi connectivity index (χ3n) is 4.25. The number of hydrogen-bond acceptors (Lipinski definition) is 3. The fourth-order valence-electron chi connectivity index (χ4n) is 3.06. The van der Waals surface area contributed by atoms with E-state index >= 15 is 0 Å². The summed E-state index contributed by atoms with van der Waals surface area (Å²) in [5.41, 5.74) is 5.36. The number of amides is 1. The normalized spacial score (nSPS) is 42.8. The van der Waals surface area contributed by atoms with Crippen molar-refractivity contribution in [2.45, 2.75) is 51.2 Å². The molecule has 4 atom stereocenters. The van der Waals surface area contributed by atoms with E-state index in [1.165, 1.54) is 0 Å². The van der Waals surface area contributed by atoms with Gasteiger partial charge in [-0.25, -0.2) is 0 Å². The Morgan fingerprint density at radius 1 is 1.47 bits per heavy atom. The number of hydrogen-bond donors (Lipinski definition) is 2. The van der Waals surface area contributed by atoms with E-state index in [2.05, 4.69) is 6.92 Å². The minimum atomic E-state index is -0.708. The molecule has 1 heterocycles. The van der Waals surface area contributed by atoms with E-state index in [1.807, 2.05) is 0 Å². The van der Waals surface area contributed by atoms with Crippen LogP contribution >= 0.6 is 0 Å². The average molecular weight is 240 g/mol. The molecule has 1 saturated carbocycles. The van der Waals surface area contributed by atoms with Crippen LogP contribution in [-0.4, -0.2) is 40.6 Å². The average Bonchev–Trinajstić information content (AvgIpc) is 2.61. The molecule has 2 aliphatic rings. The van der Waals surface area contributed by atoms with Crippen LogP contribution in [0, 0.1) is 11.8 Å². The maximum absolute atomic E-state index is 12.4. The summed E-state index contributed by atoms with van der Waals surface area (Å²) < 4.78 is 0. The first-order chi connectivity index (χ1) is 7.89. The molecule has 4 nitrogen and oxygen atoms in total. The van der Waals surface area contributed by atoms with E-state index in [0.29, 0.717) is 25.4 Å². The zero-order valence-electron chi connectivity index (χ0n) is 10.9. The molecule has 1 aliphatic heterocycles. The van der Waals surface area contributed by atoms with Crippen LogP contribution in [0.1, 0.15) is 39.5 Å². The number of rotatable bonds is 1. The highest BCUT2D eigenvalue weighted by Crippen LogP contribution is 2.31. The molecule has 1 amide bonds. The largest absolute Gasteiger partial charge is 0.388 e. The lowest BCUT2D eigenvalue weighted by molar-refractivity contribution is -0.137. The van der Waals surface area contributed by atoms with E-state index in [-0.39, 0.29) is 17.9 Å². The van der Waals surface area contributed by atoms with E-state index in [0.717, 1.165) is 19.3 Å². The molecular weight excluding hydrogens is 216 g/mol. The summed E-state index contributed by atoms with van der Waals surface area (Å²) >= 11 is 0. The number of aliphatic hydroxyl groups is 1. The molecular formula is C13H24N2O2. The predicted molar refractivity (Wildman–Crippen MR) is 66.3 cm³/mol. The van der Waals surface area contributed by atoms with Crippen molar-refractivity contribution < 1.29 is 9.90 Å². The van der Waals surface area contributed by atoms with Crippen molar-refractivity contribution in [2.75, 3.05) is 13.1 Å². The summed E-state index contributed by atoms with van der Waals surface area (Å²) in [6.45, 7) is 5.11. The molecule has 4 heteroatoms. The highest BCUT2D eigenvalue weighted by atomic mass is 16.3. The zero-order chi connectivity index (χ0) is 12.6. The molecule has 1 saturated heterocycles. The lowest BCUT2D eigenvalue weighted by Crippen LogP contribution is -2.47. The van der Waals surface area contributed by atoms with Crippen LogP contribution in [0.3, 0.4) is 0 Å². The van der Waals surface area contributed by atoms with Crippen LogP contribution in [0.15, 0.2) is 0 Å². The van der Waals surface area contributed by atoms with Gasteiger partial charge in [-0.3, -0.25) is 4.79 Å². The van der Waals surface area contributed by atoms with Gasteiger partial charge < -0.3 is 15.7 Å². The molecule has 3 N–H and O–H groups in total. The summed E-state index contributed by atoms with van der Waals surface area (Å²) in [6.07, 6.45) is 3.65. The molecule has 0 aromatic rings. The van der Waals surface area contributed by atoms with Crippen molar-refractivity contribution in [1.82, 2.24) is 4.90 Å². The standard InChI is InChI=1S/C13H24N2O2/c1-9-3-4-11(14)10(7-9)12(16)15-6-5-13(2,17)8-15/h9-11,17H,3-8,14H2,1-2H3. The third-order valence-corrected chi connectivity index (χ3v) is 4.25. The van der Waals surface area contributed by atoms with Gasteiger partial charge in [0.05, 0.1) is 11.5 Å². The lowest BCUT2D eigenvalue weighted by Gasteiger charge is -2.34. The number of nitrogens with zero attached hydrogens (tertiary/aromatic N) is 1. The zero-order valence-corrected chi connectivity index (χ0v) is 10.9. The first kappa shape index (κ1) is 12.8. The van der Waals surface area contributed by atoms with Gasteiger partial charge in [0.1, 0.15) is 0 Å². The molecule has 2 rings (SSSR count). The van der Waals surface area contributed by atoms with Crippen LogP contribution in [0.5, 0.6) is 0 Å². The number of likely N-dealkylation sites (tertiary alicyclic amines) is 1. The minimum absolute atomic E-state index is 0.00393. The maximum atomic E-state index is 12.4. The van der Waals surface area contributed by atoms with Gasteiger partial charge in [0.2, 0.25) is 5.91 Å². The second kappa shape index (κ2) is 4.58. The number of carbonyl (C=O) groups is 1. The Morgan fingerprint density at radius 2 is 2.18 bits per heavy atom. The highest BCUT2D eigenvalue weighted by Gasteiger charge is 2.39. The molecule has 2 fully saturated rings.